The number of ether oxygens (including phenoxy) is 1. The molecule has 0 aromatic heterocycles. The smallest absolute Gasteiger partial charge is 0.387 e. The molecule has 0 aliphatic rings. The third-order valence-electron chi connectivity index (χ3n) is 4.00. The second-order valence-corrected chi connectivity index (χ2v) is 6.29. The zero-order valence-corrected chi connectivity index (χ0v) is 15.6. The summed E-state index contributed by atoms with van der Waals surface area (Å²) < 4.78 is 41.8. The van der Waals surface area contributed by atoms with Crippen molar-refractivity contribution in [3.8, 4) is 5.75 Å². The Balaban J connectivity index is 1.60. The second kappa shape index (κ2) is 9.60. The summed E-state index contributed by atoms with van der Waals surface area (Å²) in [4.78, 5) is 24.6. The molecule has 3 aromatic carbocycles. The molecule has 0 bridgehead atoms. The molecule has 0 radical (unpaired) electrons. The first kappa shape index (κ1) is 20.9. The highest BCUT2D eigenvalue weighted by atomic mass is 19.3. The van der Waals surface area contributed by atoms with E-state index in [0.29, 0.717) is 16.9 Å². The van der Waals surface area contributed by atoms with Crippen LogP contribution in [0.1, 0.15) is 15.9 Å². The number of anilines is 2. The van der Waals surface area contributed by atoms with E-state index in [2.05, 4.69) is 15.4 Å². The number of benzene rings is 3. The van der Waals surface area contributed by atoms with Gasteiger partial charge in [0.05, 0.1) is 6.42 Å². The summed E-state index contributed by atoms with van der Waals surface area (Å²) in [5.41, 5.74) is 1.61. The van der Waals surface area contributed by atoms with E-state index in [1.54, 1.807) is 24.3 Å². The Morgan fingerprint density at radius 3 is 2.20 bits per heavy atom. The Kier molecular flexibility index (Phi) is 6.69. The van der Waals surface area contributed by atoms with Gasteiger partial charge in [0.15, 0.2) is 0 Å². The van der Waals surface area contributed by atoms with Crippen LogP contribution >= 0.6 is 0 Å². The van der Waals surface area contributed by atoms with E-state index in [1.807, 2.05) is 0 Å². The van der Waals surface area contributed by atoms with Crippen molar-refractivity contribution >= 4 is 23.2 Å². The predicted molar refractivity (Wildman–Crippen MR) is 106 cm³/mol. The third kappa shape index (κ3) is 6.10. The van der Waals surface area contributed by atoms with Crippen molar-refractivity contribution in [2.24, 2.45) is 0 Å². The molecule has 2 amide bonds. The number of hydrogen-bond acceptors (Lipinski definition) is 3. The molecule has 8 heteroatoms. The number of alkyl halides is 2. The average Bonchev–Trinajstić information content (AvgIpc) is 2.69. The van der Waals surface area contributed by atoms with Gasteiger partial charge < -0.3 is 15.4 Å². The van der Waals surface area contributed by atoms with Crippen molar-refractivity contribution in [2.75, 3.05) is 10.6 Å². The van der Waals surface area contributed by atoms with Crippen LogP contribution in [0.25, 0.3) is 0 Å². The Morgan fingerprint density at radius 1 is 0.867 bits per heavy atom. The highest BCUT2D eigenvalue weighted by Crippen LogP contribution is 2.17. The number of nitrogens with one attached hydrogen (secondary N) is 2. The summed E-state index contributed by atoms with van der Waals surface area (Å²) in [5.74, 6) is -1.26. The normalized spacial score (nSPS) is 10.5. The molecule has 154 valence electrons. The van der Waals surface area contributed by atoms with Gasteiger partial charge in [-0.3, -0.25) is 9.59 Å². The fourth-order valence-electron chi connectivity index (χ4n) is 2.69. The molecular weight excluding hydrogens is 397 g/mol. The van der Waals surface area contributed by atoms with Crippen molar-refractivity contribution < 1.29 is 27.5 Å². The maximum absolute atomic E-state index is 13.2. The number of hydrogen-bond donors (Lipinski definition) is 2. The Labute approximate surface area is 170 Å². The van der Waals surface area contributed by atoms with Crippen LogP contribution < -0.4 is 15.4 Å². The van der Waals surface area contributed by atoms with Gasteiger partial charge in [0.25, 0.3) is 5.91 Å². The van der Waals surface area contributed by atoms with E-state index in [4.69, 9.17) is 0 Å². The monoisotopic (exact) mass is 414 g/mol. The minimum atomic E-state index is -2.91. The molecule has 0 aliphatic heterocycles. The van der Waals surface area contributed by atoms with Crippen LogP contribution in [-0.2, 0) is 11.2 Å². The molecule has 3 rings (SSSR count). The lowest BCUT2D eigenvalue weighted by atomic mass is 10.1. The Hall–Kier alpha value is -3.81. The maximum Gasteiger partial charge on any atom is 0.387 e. The fraction of sp³-hybridized carbons (Fsp3) is 0.0909. The van der Waals surface area contributed by atoms with E-state index in [0.717, 1.165) is 0 Å². The van der Waals surface area contributed by atoms with Crippen LogP contribution in [0.5, 0.6) is 5.75 Å². The Bertz CT molecular complexity index is 1040. The molecule has 0 unspecified atom stereocenters. The van der Waals surface area contributed by atoms with E-state index in [1.165, 1.54) is 48.5 Å². The van der Waals surface area contributed by atoms with E-state index >= 15 is 0 Å². The molecule has 0 heterocycles. The van der Waals surface area contributed by atoms with Crippen LogP contribution in [0.2, 0.25) is 0 Å². The SMILES string of the molecule is O=C(Cc1ccc(OC(F)F)cc1)Nc1cccc(C(=O)Nc2cccc(F)c2)c1. The van der Waals surface area contributed by atoms with Gasteiger partial charge in [-0.05, 0) is 54.1 Å². The first-order chi connectivity index (χ1) is 14.4. The highest BCUT2D eigenvalue weighted by molar-refractivity contribution is 6.05. The van der Waals surface area contributed by atoms with Crippen LogP contribution in [-0.4, -0.2) is 18.4 Å². The van der Waals surface area contributed by atoms with Crippen LogP contribution in [0, 0.1) is 5.82 Å². The molecule has 0 aliphatic carbocycles. The zero-order valence-electron chi connectivity index (χ0n) is 15.6. The van der Waals surface area contributed by atoms with Gasteiger partial charge in [-0.2, -0.15) is 8.78 Å². The first-order valence-corrected chi connectivity index (χ1v) is 8.89. The molecule has 0 spiro atoms. The lowest BCUT2D eigenvalue weighted by Gasteiger charge is -2.09. The molecule has 2 N–H and O–H groups in total. The molecule has 0 saturated heterocycles. The van der Waals surface area contributed by atoms with Crippen molar-refractivity contribution in [1.82, 2.24) is 0 Å². The summed E-state index contributed by atoms with van der Waals surface area (Å²) in [6.45, 7) is -2.91. The van der Waals surface area contributed by atoms with Gasteiger partial charge in [-0.1, -0.05) is 24.3 Å². The standard InChI is InChI=1S/C22H17F3N2O3/c23-16-4-2-6-18(13-16)27-21(29)15-3-1-5-17(12-15)26-20(28)11-14-7-9-19(10-8-14)30-22(24)25/h1-10,12-13,22H,11H2,(H,26,28)(H,27,29). The topological polar surface area (TPSA) is 67.4 Å². The van der Waals surface area contributed by atoms with E-state index < -0.39 is 18.3 Å². The van der Waals surface area contributed by atoms with E-state index in [9.17, 15) is 22.8 Å². The third-order valence-corrected chi connectivity index (χ3v) is 4.00. The zero-order chi connectivity index (χ0) is 21.5. The van der Waals surface area contributed by atoms with Gasteiger partial charge >= 0.3 is 6.61 Å². The number of amides is 2. The van der Waals surface area contributed by atoms with Crippen LogP contribution in [0.4, 0.5) is 24.5 Å². The summed E-state index contributed by atoms with van der Waals surface area (Å²) in [6, 6.07) is 17.5. The minimum absolute atomic E-state index is 0.00571. The van der Waals surface area contributed by atoms with Crippen molar-refractivity contribution in [3.63, 3.8) is 0 Å². The molecule has 0 fully saturated rings. The van der Waals surface area contributed by atoms with Crippen LogP contribution in [0.15, 0.2) is 72.8 Å². The number of carbonyl (C=O) groups is 2. The van der Waals surface area contributed by atoms with Crippen LogP contribution in [0.3, 0.4) is 0 Å². The largest absolute Gasteiger partial charge is 0.435 e. The lowest BCUT2D eigenvalue weighted by Crippen LogP contribution is -2.16. The minimum Gasteiger partial charge on any atom is -0.435 e. The molecule has 0 saturated carbocycles. The number of halogens is 3. The quantitative estimate of drug-likeness (QED) is 0.580. The van der Waals surface area contributed by atoms with Crippen molar-refractivity contribution in [3.05, 3.63) is 89.7 Å². The van der Waals surface area contributed by atoms with Crippen molar-refractivity contribution in [1.29, 1.82) is 0 Å². The summed E-state index contributed by atoms with van der Waals surface area (Å²) in [5, 5.41) is 5.26. The maximum atomic E-state index is 13.2. The van der Waals surface area contributed by atoms with Gasteiger partial charge in [0.1, 0.15) is 11.6 Å². The molecular formula is C22H17F3N2O3. The van der Waals surface area contributed by atoms with Gasteiger partial charge in [0.2, 0.25) is 5.91 Å². The summed E-state index contributed by atoms with van der Waals surface area (Å²) in [7, 11) is 0. The summed E-state index contributed by atoms with van der Waals surface area (Å²) >= 11 is 0. The molecule has 5 nitrogen and oxygen atoms in total. The first-order valence-electron chi connectivity index (χ1n) is 8.89. The molecule has 0 atom stereocenters. The predicted octanol–water partition coefficient (Wildman–Crippen LogP) is 4.86. The summed E-state index contributed by atoms with van der Waals surface area (Å²) in [6.07, 6.45) is 0.00861. The van der Waals surface area contributed by atoms with Gasteiger partial charge in [-0.15, -0.1) is 0 Å². The fourth-order valence-corrected chi connectivity index (χ4v) is 2.69. The Morgan fingerprint density at radius 2 is 1.53 bits per heavy atom. The van der Waals surface area contributed by atoms with Gasteiger partial charge in [-0.25, -0.2) is 4.39 Å². The van der Waals surface area contributed by atoms with Gasteiger partial charge in [0, 0.05) is 16.9 Å². The molecule has 30 heavy (non-hydrogen) atoms. The van der Waals surface area contributed by atoms with Crippen molar-refractivity contribution in [2.45, 2.75) is 13.0 Å². The number of rotatable bonds is 7. The highest BCUT2D eigenvalue weighted by Gasteiger charge is 2.10. The average molecular weight is 414 g/mol. The van der Waals surface area contributed by atoms with E-state index in [-0.39, 0.29) is 23.6 Å². The molecule has 3 aromatic rings. The lowest BCUT2D eigenvalue weighted by molar-refractivity contribution is -0.115. The number of carbonyl (C=O) groups excluding carboxylic acids is 2. The second-order valence-electron chi connectivity index (χ2n) is 6.29.